The Labute approximate surface area is 160 Å². The van der Waals surface area contributed by atoms with Crippen molar-refractivity contribution in [1.82, 2.24) is 14.9 Å². The van der Waals surface area contributed by atoms with Gasteiger partial charge in [0.05, 0.1) is 12.1 Å². The Morgan fingerprint density at radius 1 is 1.25 bits per heavy atom. The summed E-state index contributed by atoms with van der Waals surface area (Å²) in [5.74, 6) is 0.501. The van der Waals surface area contributed by atoms with Crippen LogP contribution in [0.25, 0.3) is 0 Å². The van der Waals surface area contributed by atoms with Gasteiger partial charge in [-0.15, -0.1) is 0 Å². The lowest BCUT2D eigenvalue weighted by Crippen LogP contribution is -2.44. The Bertz CT molecular complexity index is 842. The third-order valence-electron chi connectivity index (χ3n) is 4.45. The monoisotopic (exact) mass is 394 g/mol. The molecule has 0 bridgehead atoms. The summed E-state index contributed by atoms with van der Waals surface area (Å²) in [4.78, 5) is 24.5. The number of aromatic nitrogens is 2. The summed E-state index contributed by atoms with van der Waals surface area (Å²) in [5.41, 5.74) is -0.817. The van der Waals surface area contributed by atoms with Crippen molar-refractivity contribution in [2.75, 3.05) is 32.1 Å². The van der Waals surface area contributed by atoms with Crippen molar-refractivity contribution in [3.05, 3.63) is 47.8 Å². The van der Waals surface area contributed by atoms with Gasteiger partial charge in [0, 0.05) is 38.6 Å². The fourth-order valence-electron chi connectivity index (χ4n) is 3.10. The number of amides is 1. The first-order valence-corrected chi connectivity index (χ1v) is 8.87. The normalized spacial score (nSPS) is 17.3. The molecule has 2 heterocycles. The van der Waals surface area contributed by atoms with Crippen molar-refractivity contribution in [1.29, 1.82) is 0 Å². The smallest absolute Gasteiger partial charge is 0.416 e. The van der Waals surface area contributed by atoms with Crippen LogP contribution in [-0.2, 0) is 6.18 Å². The molecule has 1 aliphatic rings. The lowest BCUT2D eigenvalue weighted by molar-refractivity contribution is -0.137. The van der Waals surface area contributed by atoms with Crippen LogP contribution >= 0.6 is 0 Å². The van der Waals surface area contributed by atoms with E-state index in [-0.39, 0.29) is 18.2 Å². The second-order valence-corrected chi connectivity index (χ2v) is 6.79. The molecule has 2 aromatic rings. The first-order valence-electron chi connectivity index (χ1n) is 8.87. The Morgan fingerprint density at radius 3 is 2.71 bits per heavy atom. The maximum Gasteiger partial charge on any atom is 0.416 e. The van der Waals surface area contributed by atoms with E-state index in [1.54, 1.807) is 11.1 Å². The summed E-state index contributed by atoms with van der Waals surface area (Å²) in [5, 5.41) is 0. The molecule has 1 fully saturated rings. The van der Waals surface area contributed by atoms with Gasteiger partial charge in [-0.3, -0.25) is 4.79 Å². The zero-order valence-electron chi connectivity index (χ0n) is 15.6. The molecule has 1 aliphatic heterocycles. The van der Waals surface area contributed by atoms with Gasteiger partial charge in [-0.2, -0.15) is 13.2 Å². The number of carbonyl (C=O) groups excluding carboxylic acids is 1. The lowest BCUT2D eigenvalue weighted by atomic mass is 10.1. The van der Waals surface area contributed by atoms with Crippen molar-refractivity contribution in [3.63, 3.8) is 0 Å². The fraction of sp³-hybridized carbons (Fsp3) is 0.421. The number of hydrogen-bond acceptors (Lipinski definition) is 5. The molecular formula is C19H21F3N4O2. The Hall–Kier alpha value is -2.84. The van der Waals surface area contributed by atoms with Gasteiger partial charge in [-0.25, -0.2) is 9.97 Å². The van der Waals surface area contributed by atoms with Gasteiger partial charge in [0.15, 0.2) is 5.82 Å². The number of alkyl halides is 3. The van der Waals surface area contributed by atoms with Gasteiger partial charge in [-0.05, 0) is 31.0 Å². The van der Waals surface area contributed by atoms with E-state index in [1.165, 1.54) is 23.2 Å². The molecule has 6 nitrogen and oxygen atoms in total. The average Bonchev–Trinajstić information content (AvgIpc) is 2.67. The first-order chi connectivity index (χ1) is 13.3. The van der Waals surface area contributed by atoms with Crippen molar-refractivity contribution in [3.8, 4) is 5.88 Å². The van der Waals surface area contributed by atoms with E-state index < -0.39 is 17.6 Å². The largest absolute Gasteiger partial charge is 0.470 e. The van der Waals surface area contributed by atoms with Gasteiger partial charge in [-0.1, -0.05) is 6.07 Å². The van der Waals surface area contributed by atoms with Crippen LogP contribution in [0.4, 0.5) is 19.0 Å². The predicted octanol–water partition coefficient (Wildman–Crippen LogP) is 3.25. The molecule has 28 heavy (non-hydrogen) atoms. The average molecular weight is 394 g/mol. The fourth-order valence-corrected chi connectivity index (χ4v) is 3.10. The second kappa shape index (κ2) is 8.04. The molecule has 1 amide bonds. The van der Waals surface area contributed by atoms with E-state index >= 15 is 0 Å². The first kappa shape index (κ1) is 19.9. The SMILES string of the molecule is CN(C)c1nccnc1OC1CCCN(C(=O)c2cccc(C(F)(F)F)c2)C1. The Balaban J connectivity index is 1.73. The van der Waals surface area contributed by atoms with Crippen LogP contribution in [0.5, 0.6) is 5.88 Å². The standard InChI is InChI=1S/C19H21F3N4O2/c1-25(2)16-17(24-9-8-23-16)28-15-7-4-10-26(12-15)18(27)13-5-3-6-14(11-13)19(20,21)22/h3,5-6,8-9,11,15H,4,7,10,12H2,1-2H3. The van der Waals surface area contributed by atoms with E-state index in [4.69, 9.17) is 4.74 Å². The second-order valence-electron chi connectivity index (χ2n) is 6.79. The van der Waals surface area contributed by atoms with Crippen molar-refractivity contribution >= 4 is 11.7 Å². The highest BCUT2D eigenvalue weighted by Gasteiger charge is 2.32. The third kappa shape index (κ3) is 4.52. The number of hydrogen-bond donors (Lipinski definition) is 0. The molecule has 9 heteroatoms. The molecule has 3 rings (SSSR count). The number of ether oxygens (including phenoxy) is 1. The molecule has 0 aliphatic carbocycles. The number of anilines is 1. The summed E-state index contributed by atoms with van der Waals surface area (Å²) in [6.45, 7) is 0.745. The van der Waals surface area contributed by atoms with Crippen molar-refractivity contribution in [2.24, 2.45) is 0 Å². The Morgan fingerprint density at radius 2 is 2.00 bits per heavy atom. The zero-order chi connectivity index (χ0) is 20.3. The number of likely N-dealkylation sites (tertiary alicyclic amines) is 1. The summed E-state index contributed by atoms with van der Waals surface area (Å²) in [6.07, 6.45) is -0.302. The van der Waals surface area contributed by atoms with Crippen LogP contribution in [0, 0.1) is 0 Å². The predicted molar refractivity (Wildman–Crippen MR) is 97.4 cm³/mol. The summed E-state index contributed by atoms with van der Waals surface area (Å²) < 4.78 is 44.7. The van der Waals surface area contributed by atoms with Crippen molar-refractivity contribution < 1.29 is 22.7 Å². The van der Waals surface area contributed by atoms with Gasteiger partial charge in [0.2, 0.25) is 0 Å². The van der Waals surface area contributed by atoms with E-state index in [2.05, 4.69) is 9.97 Å². The van der Waals surface area contributed by atoms with E-state index in [9.17, 15) is 18.0 Å². The van der Waals surface area contributed by atoms with Gasteiger partial charge < -0.3 is 14.5 Å². The minimum Gasteiger partial charge on any atom is -0.470 e. The number of nitrogens with zero attached hydrogens (tertiary/aromatic N) is 4. The summed E-state index contributed by atoms with van der Waals surface area (Å²) in [6, 6.07) is 4.49. The van der Waals surface area contributed by atoms with Crippen LogP contribution in [0.15, 0.2) is 36.7 Å². The number of rotatable bonds is 4. The molecule has 1 saturated heterocycles. The number of halogens is 3. The number of carbonyl (C=O) groups is 1. The topological polar surface area (TPSA) is 58.6 Å². The molecule has 1 unspecified atom stereocenters. The highest BCUT2D eigenvalue weighted by molar-refractivity contribution is 5.94. The van der Waals surface area contributed by atoms with Crippen LogP contribution in [0.2, 0.25) is 0 Å². The van der Waals surface area contributed by atoms with Crippen molar-refractivity contribution in [2.45, 2.75) is 25.1 Å². The van der Waals surface area contributed by atoms with Crippen LogP contribution in [0.3, 0.4) is 0 Å². The van der Waals surface area contributed by atoms with E-state index in [0.29, 0.717) is 24.7 Å². The minimum atomic E-state index is -4.49. The number of benzene rings is 1. The molecular weight excluding hydrogens is 373 g/mol. The molecule has 1 aromatic carbocycles. The summed E-state index contributed by atoms with van der Waals surface area (Å²) in [7, 11) is 3.64. The number of piperidine rings is 1. The maximum atomic E-state index is 12.9. The molecule has 1 atom stereocenters. The van der Waals surface area contributed by atoms with Crippen LogP contribution < -0.4 is 9.64 Å². The minimum absolute atomic E-state index is 0.0176. The van der Waals surface area contributed by atoms with E-state index in [0.717, 1.165) is 18.6 Å². The summed E-state index contributed by atoms with van der Waals surface area (Å²) >= 11 is 0. The molecule has 0 spiro atoms. The van der Waals surface area contributed by atoms with E-state index in [1.807, 2.05) is 14.1 Å². The quantitative estimate of drug-likeness (QED) is 0.797. The van der Waals surface area contributed by atoms with Crippen LogP contribution in [0.1, 0.15) is 28.8 Å². The molecule has 0 radical (unpaired) electrons. The zero-order valence-corrected chi connectivity index (χ0v) is 15.6. The van der Waals surface area contributed by atoms with Gasteiger partial charge >= 0.3 is 6.18 Å². The lowest BCUT2D eigenvalue weighted by Gasteiger charge is -2.33. The van der Waals surface area contributed by atoms with Crippen LogP contribution in [-0.4, -0.2) is 54.1 Å². The molecule has 1 aromatic heterocycles. The highest BCUT2D eigenvalue weighted by Crippen LogP contribution is 2.30. The highest BCUT2D eigenvalue weighted by atomic mass is 19.4. The van der Waals surface area contributed by atoms with Gasteiger partial charge in [0.1, 0.15) is 6.10 Å². The third-order valence-corrected chi connectivity index (χ3v) is 4.45. The molecule has 0 N–H and O–H groups in total. The Kier molecular flexibility index (Phi) is 5.71. The molecule has 0 saturated carbocycles. The molecule has 150 valence electrons. The van der Waals surface area contributed by atoms with Gasteiger partial charge in [0.25, 0.3) is 11.8 Å². The maximum absolute atomic E-state index is 12.9.